The summed E-state index contributed by atoms with van der Waals surface area (Å²) in [6.45, 7) is 4.40. The molecule has 3 rings (SSSR count). The van der Waals surface area contributed by atoms with Crippen LogP contribution in [0.4, 0.5) is 11.4 Å². The van der Waals surface area contributed by atoms with Crippen molar-refractivity contribution in [2.45, 2.75) is 13.8 Å². The van der Waals surface area contributed by atoms with Gasteiger partial charge >= 0.3 is 0 Å². The van der Waals surface area contributed by atoms with Gasteiger partial charge in [-0.15, -0.1) is 0 Å². The molecule has 0 spiro atoms. The van der Waals surface area contributed by atoms with Crippen LogP contribution in [0.25, 0.3) is 17.0 Å². The van der Waals surface area contributed by atoms with Gasteiger partial charge in [0.2, 0.25) is 5.91 Å². The van der Waals surface area contributed by atoms with Gasteiger partial charge in [0.1, 0.15) is 5.75 Å². The van der Waals surface area contributed by atoms with E-state index >= 15 is 0 Å². The van der Waals surface area contributed by atoms with Crippen LogP contribution in [-0.4, -0.2) is 17.5 Å². The second kappa shape index (κ2) is 7.70. The van der Waals surface area contributed by atoms with Gasteiger partial charge in [-0.3, -0.25) is 9.78 Å². The number of rotatable bonds is 5. The average molecular weight is 347 g/mol. The van der Waals surface area contributed by atoms with Gasteiger partial charge in [0.15, 0.2) is 0 Å². The van der Waals surface area contributed by atoms with E-state index in [1.54, 1.807) is 6.08 Å². The SMILES string of the molecule is CCOc1ccccc1/C=C\C(=O)Nc1ccc2nc(C)cc(N)c2c1. The number of anilines is 2. The first-order chi connectivity index (χ1) is 12.6. The van der Waals surface area contributed by atoms with Crippen molar-refractivity contribution in [2.24, 2.45) is 0 Å². The monoisotopic (exact) mass is 347 g/mol. The van der Waals surface area contributed by atoms with Crippen LogP contribution in [0.3, 0.4) is 0 Å². The van der Waals surface area contributed by atoms with Gasteiger partial charge in [0.05, 0.1) is 12.1 Å². The summed E-state index contributed by atoms with van der Waals surface area (Å²) in [5.41, 5.74) is 9.89. The molecule has 0 aliphatic rings. The quantitative estimate of drug-likeness (QED) is 0.679. The number of pyridine rings is 1. The number of nitrogens with two attached hydrogens (primary N) is 1. The Balaban J connectivity index is 1.77. The first kappa shape index (κ1) is 17.5. The molecule has 5 heteroatoms. The highest BCUT2D eigenvalue weighted by Gasteiger charge is 2.05. The van der Waals surface area contributed by atoms with Crippen LogP contribution < -0.4 is 15.8 Å². The number of nitrogen functional groups attached to an aromatic ring is 1. The van der Waals surface area contributed by atoms with Crippen molar-refractivity contribution >= 4 is 34.3 Å². The first-order valence-corrected chi connectivity index (χ1v) is 8.44. The first-order valence-electron chi connectivity index (χ1n) is 8.44. The number of aryl methyl sites for hydroxylation is 1. The second-order valence-corrected chi connectivity index (χ2v) is 5.88. The molecule has 0 atom stereocenters. The van der Waals surface area contributed by atoms with E-state index in [-0.39, 0.29) is 5.91 Å². The van der Waals surface area contributed by atoms with E-state index in [1.165, 1.54) is 6.08 Å². The van der Waals surface area contributed by atoms with Gasteiger partial charge in [0, 0.05) is 34.1 Å². The summed E-state index contributed by atoms with van der Waals surface area (Å²) in [5, 5.41) is 3.67. The summed E-state index contributed by atoms with van der Waals surface area (Å²) in [5.74, 6) is 0.522. The van der Waals surface area contributed by atoms with E-state index < -0.39 is 0 Å². The molecule has 1 amide bonds. The molecular formula is C21H21N3O2. The zero-order chi connectivity index (χ0) is 18.5. The Labute approximate surface area is 152 Å². The minimum Gasteiger partial charge on any atom is -0.493 e. The van der Waals surface area contributed by atoms with Crippen LogP contribution in [-0.2, 0) is 4.79 Å². The van der Waals surface area contributed by atoms with Crippen molar-refractivity contribution in [2.75, 3.05) is 17.7 Å². The Morgan fingerprint density at radius 2 is 2.04 bits per heavy atom. The Morgan fingerprint density at radius 3 is 2.85 bits per heavy atom. The summed E-state index contributed by atoms with van der Waals surface area (Å²) in [7, 11) is 0. The van der Waals surface area contributed by atoms with Crippen molar-refractivity contribution in [3.05, 3.63) is 65.9 Å². The molecule has 0 aliphatic carbocycles. The second-order valence-electron chi connectivity index (χ2n) is 5.88. The van der Waals surface area contributed by atoms with Gasteiger partial charge in [-0.2, -0.15) is 0 Å². The molecule has 5 nitrogen and oxygen atoms in total. The van der Waals surface area contributed by atoms with Crippen molar-refractivity contribution in [1.82, 2.24) is 4.98 Å². The summed E-state index contributed by atoms with van der Waals surface area (Å²) >= 11 is 0. The largest absolute Gasteiger partial charge is 0.493 e. The molecule has 0 fully saturated rings. The van der Waals surface area contributed by atoms with Crippen molar-refractivity contribution in [3.63, 3.8) is 0 Å². The Morgan fingerprint density at radius 1 is 1.23 bits per heavy atom. The third-order valence-corrected chi connectivity index (χ3v) is 3.87. The van der Waals surface area contributed by atoms with Crippen LogP contribution in [0.5, 0.6) is 5.75 Å². The molecular weight excluding hydrogens is 326 g/mol. The maximum atomic E-state index is 12.2. The van der Waals surface area contributed by atoms with Crippen LogP contribution in [0.1, 0.15) is 18.2 Å². The predicted octanol–water partition coefficient (Wildman–Crippen LogP) is 4.18. The zero-order valence-corrected chi connectivity index (χ0v) is 14.8. The maximum Gasteiger partial charge on any atom is 0.248 e. The number of nitrogens with zero attached hydrogens (tertiary/aromatic N) is 1. The van der Waals surface area contributed by atoms with Gasteiger partial charge in [-0.25, -0.2) is 0 Å². The highest BCUT2D eigenvalue weighted by molar-refractivity contribution is 6.04. The van der Waals surface area contributed by atoms with Crippen LogP contribution in [0.15, 0.2) is 54.6 Å². The molecule has 1 aromatic heterocycles. The van der Waals surface area contributed by atoms with E-state index in [0.717, 1.165) is 27.9 Å². The number of carbonyl (C=O) groups is 1. The smallest absolute Gasteiger partial charge is 0.248 e. The number of hydrogen-bond acceptors (Lipinski definition) is 4. The molecule has 3 aromatic rings. The molecule has 1 heterocycles. The lowest BCUT2D eigenvalue weighted by Gasteiger charge is -2.08. The average Bonchev–Trinajstić information content (AvgIpc) is 2.62. The van der Waals surface area contributed by atoms with Crippen molar-refractivity contribution in [1.29, 1.82) is 0 Å². The molecule has 2 aromatic carbocycles. The molecule has 26 heavy (non-hydrogen) atoms. The number of ether oxygens (including phenoxy) is 1. The Kier molecular flexibility index (Phi) is 5.17. The summed E-state index contributed by atoms with van der Waals surface area (Å²) in [6.07, 6.45) is 3.22. The molecule has 0 radical (unpaired) electrons. The number of nitrogens with one attached hydrogen (secondary N) is 1. The van der Waals surface area contributed by atoms with Crippen molar-refractivity contribution in [3.8, 4) is 5.75 Å². The predicted molar refractivity (Wildman–Crippen MR) is 106 cm³/mol. The van der Waals surface area contributed by atoms with E-state index in [9.17, 15) is 4.79 Å². The van der Waals surface area contributed by atoms with E-state index in [2.05, 4.69) is 10.3 Å². The van der Waals surface area contributed by atoms with Gasteiger partial charge in [0.25, 0.3) is 0 Å². The number of carbonyl (C=O) groups excluding carboxylic acids is 1. The lowest BCUT2D eigenvalue weighted by atomic mass is 10.1. The number of para-hydroxylation sites is 1. The molecule has 0 unspecified atom stereocenters. The third kappa shape index (κ3) is 4.00. The fraction of sp³-hybridized carbons (Fsp3) is 0.143. The number of amides is 1. The summed E-state index contributed by atoms with van der Waals surface area (Å²) in [4.78, 5) is 16.7. The van der Waals surface area contributed by atoms with Crippen LogP contribution in [0, 0.1) is 6.92 Å². The highest BCUT2D eigenvalue weighted by atomic mass is 16.5. The topological polar surface area (TPSA) is 77.2 Å². The number of hydrogen-bond donors (Lipinski definition) is 2. The molecule has 0 saturated heterocycles. The van der Waals surface area contributed by atoms with Crippen LogP contribution >= 0.6 is 0 Å². The van der Waals surface area contributed by atoms with Gasteiger partial charge in [-0.05, 0) is 50.3 Å². The number of benzene rings is 2. The molecule has 132 valence electrons. The highest BCUT2D eigenvalue weighted by Crippen LogP contribution is 2.24. The molecule has 0 aliphatic heterocycles. The minimum atomic E-state index is -0.228. The standard InChI is InChI=1S/C21H21N3O2/c1-3-26-20-7-5-4-6-15(20)8-11-21(25)24-16-9-10-19-17(13-16)18(22)12-14(2)23-19/h4-13H,3H2,1-2H3,(H2,22,23)(H,24,25)/b11-8-. The molecule has 3 N–H and O–H groups in total. The summed E-state index contributed by atoms with van der Waals surface area (Å²) < 4.78 is 5.55. The Bertz CT molecular complexity index is 980. The maximum absolute atomic E-state index is 12.2. The summed E-state index contributed by atoms with van der Waals surface area (Å²) in [6, 6.07) is 14.9. The molecule has 0 bridgehead atoms. The lowest BCUT2D eigenvalue weighted by molar-refractivity contribution is -0.111. The van der Waals surface area contributed by atoms with E-state index in [0.29, 0.717) is 18.0 Å². The normalized spacial score (nSPS) is 11.0. The minimum absolute atomic E-state index is 0.228. The van der Waals surface area contributed by atoms with E-state index in [1.807, 2.05) is 62.4 Å². The number of aromatic nitrogens is 1. The van der Waals surface area contributed by atoms with Crippen molar-refractivity contribution < 1.29 is 9.53 Å². The fourth-order valence-electron chi connectivity index (χ4n) is 2.72. The van der Waals surface area contributed by atoms with Gasteiger partial charge in [-0.1, -0.05) is 18.2 Å². The fourth-order valence-corrected chi connectivity index (χ4v) is 2.72. The van der Waals surface area contributed by atoms with Gasteiger partial charge < -0.3 is 15.8 Å². The number of fused-ring (bicyclic) bond motifs is 1. The van der Waals surface area contributed by atoms with E-state index in [4.69, 9.17) is 10.5 Å². The Hall–Kier alpha value is -3.34. The molecule has 0 saturated carbocycles. The third-order valence-electron chi connectivity index (χ3n) is 3.87. The lowest BCUT2D eigenvalue weighted by Crippen LogP contribution is -2.08. The zero-order valence-electron chi connectivity index (χ0n) is 14.8. The van der Waals surface area contributed by atoms with Crippen LogP contribution in [0.2, 0.25) is 0 Å².